The second kappa shape index (κ2) is 12.5. The molecule has 0 radical (unpaired) electrons. The maximum absolute atomic E-state index is 7.04. The van der Waals surface area contributed by atoms with Crippen LogP contribution >= 0.6 is 0 Å². The van der Waals surface area contributed by atoms with Crippen molar-refractivity contribution in [3.05, 3.63) is 206 Å². The summed E-state index contributed by atoms with van der Waals surface area (Å²) < 4.78 is 9.46. The molecule has 3 nitrogen and oxygen atoms in total. The summed E-state index contributed by atoms with van der Waals surface area (Å²) in [7, 11) is 0. The van der Waals surface area contributed by atoms with Crippen molar-refractivity contribution in [1.29, 1.82) is 0 Å². The monoisotopic (exact) mass is 726 g/mol. The molecule has 12 rings (SSSR count). The topological polar surface area (TPSA) is 21.3 Å². The Morgan fingerprint density at radius 2 is 0.982 bits per heavy atom. The summed E-state index contributed by atoms with van der Waals surface area (Å²) in [5.74, 6) is 0. The molecule has 0 aliphatic rings. The lowest BCUT2D eigenvalue weighted by atomic mass is 9.96. The van der Waals surface area contributed by atoms with Crippen LogP contribution in [0, 0.1) is 0 Å². The van der Waals surface area contributed by atoms with Gasteiger partial charge in [0.2, 0.25) is 0 Å². The summed E-state index contributed by atoms with van der Waals surface area (Å²) in [6, 6.07) is 74.5. The van der Waals surface area contributed by atoms with Crippen LogP contribution < -0.4 is 4.90 Å². The lowest BCUT2D eigenvalue weighted by Gasteiger charge is -2.27. The minimum Gasteiger partial charge on any atom is -0.455 e. The molecule has 0 amide bonds. The van der Waals surface area contributed by atoms with Crippen molar-refractivity contribution in [2.45, 2.75) is 0 Å². The Hall–Kier alpha value is -7.62. The van der Waals surface area contributed by atoms with Crippen LogP contribution in [0.25, 0.3) is 92.9 Å². The van der Waals surface area contributed by atoms with Gasteiger partial charge in [-0.1, -0.05) is 146 Å². The molecule has 0 saturated carbocycles. The first-order chi connectivity index (χ1) is 28.3. The van der Waals surface area contributed by atoms with E-state index in [9.17, 15) is 0 Å². The zero-order valence-electron chi connectivity index (χ0n) is 30.9. The number of rotatable bonds is 5. The van der Waals surface area contributed by atoms with Crippen LogP contribution in [0.1, 0.15) is 0 Å². The quantitative estimate of drug-likeness (QED) is 0.165. The van der Waals surface area contributed by atoms with Crippen LogP contribution in [0.15, 0.2) is 211 Å². The maximum atomic E-state index is 7.04. The van der Waals surface area contributed by atoms with E-state index in [2.05, 4.69) is 216 Å². The molecule has 0 bridgehead atoms. The molecule has 0 saturated heterocycles. The van der Waals surface area contributed by atoms with E-state index in [1.54, 1.807) is 0 Å². The SMILES string of the molecule is c1ccc(N(c2ccc3ccc4ccccc4c3c2)c2cc(-c3cccc4c5ccccc5n(-c5ccccc5)c34)c3oc4ccc5ccccc5c4c3c2)cc1. The maximum Gasteiger partial charge on any atom is 0.143 e. The summed E-state index contributed by atoms with van der Waals surface area (Å²) in [4.78, 5) is 2.40. The number of aromatic nitrogens is 1. The molecule has 12 aromatic rings. The molecule has 3 heteroatoms. The largest absolute Gasteiger partial charge is 0.455 e. The first-order valence-electron chi connectivity index (χ1n) is 19.5. The van der Waals surface area contributed by atoms with Crippen molar-refractivity contribution in [1.82, 2.24) is 4.57 Å². The number of anilines is 3. The predicted octanol–water partition coefficient (Wildman–Crippen LogP) is 15.3. The highest BCUT2D eigenvalue weighted by molar-refractivity contribution is 6.23. The number of para-hydroxylation sites is 4. The van der Waals surface area contributed by atoms with E-state index in [0.29, 0.717) is 0 Å². The van der Waals surface area contributed by atoms with Crippen LogP contribution in [-0.2, 0) is 0 Å². The Bertz CT molecular complexity index is 3520. The second-order valence-electron chi connectivity index (χ2n) is 14.9. The molecular weight excluding hydrogens is 693 g/mol. The lowest BCUT2D eigenvalue weighted by molar-refractivity contribution is 0.670. The summed E-state index contributed by atoms with van der Waals surface area (Å²) in [5.41, 5.74) is 10.6. The van der Waals surface area contributed by atoms with E-state index in [0.717, 1.165) is 61.3 Å². The van der Waals surface area contributed by atoms with E-state index < -0.39 is 0 Å². The van der Waals surface area contributed by atoms with Gasteiger partial charge in [0.15, 0.2) is 0 Å². The van der Waals surface area contributed by atoms with Gasteiger partial charge in [0, 0.05) is 55.4 Å². The van der Waals surface area contributed by atoms with Crippen molar-refractivity contribution in [3.63, 3.8) is 0 Å². The van der Waals surface area contributed by atoms with Gasteiger partial charge in [-0.15, -0.1) is 0 Å². The Balaban J connectivity index is 1.22. The smallest absolute Gasteiger partial charge is 0.143 e. The number of benzene rings is 10. The zero-order chi connectivity index (χ0) is 37.5. The van der Waals surface area contributed by atoms with Crippen LogP contribution in [0.2, 0.25) is 0 Å². The summed E-state index contributed by atoms with van der Waals surface area (Å²) in [5, 5.41) is 11.9. The molecule has 0 aliphatic carbocycles. The zero-order valence-corrected chi connectivity index (χ0v) is 30.9. The Kier molecular flexibility index (Phi) is 6.93. The van der Waals surface area contributed by atoms with Crippen molar-refractivity contribution in [2.24, 2.45) is 0 Å². The number of fused-ring (bicyclic) bond motifs is 11. The second-order valence-corrected chi connectivity index (χ2v) is 14.9. The van der Waals surface area contributed by atoms with Crippen molar-refractivity contribution >= 4 is 93.1 Å². The molecule has 2 aromatic heterocycles. The minimum atomic E-state index is 0.875. The third kappa shape index (κ3) is 4.86. The molecule has 10 aromatic carbocycles. The highest BCUT2D eigenvalue weighted by atomic mass is 16.3. The van der Waals surface area contributed by atoms with Crippen molar-refractivity contribution in [2.75, 3.05) is 4.90 Å². The molecular formula is C54H34N2O. The van der Waals surface area contributed by atoms with Gasteiger partial charge in [-0.2, -0.15) is 0 Å². The van der Waals surface area contributed by atoms with Gasteiger partial charge in [-0.05, 0) is 93.0 Å². The average molecular weight is 727 g/mol. The summed E-state index contributed by atoms with van der Waals surface area (Å²) in [6.45, 7) is 0. The standard InChI is InChI=1S/C54H34N2O/c1-3-16-38(17-4-1)55(40-30-28-37-27-26-35-14-7-9-20-42(35)47(37)32-40)41-33-48(54-49(34-41)52-43-21-10-8-15-36(43)29-31-51(52)57-54)46-24-13-23-45-44-22-11-12-25-50(44)56(53(45)46)39-18-5-2-6-19-39/h1-34H. The highest BCUT2D eigenvalue weighted by Crippen LogP contribution is 2.48. The molecule has 2 heterocycles. The fraction of sp³-hybridized carbons (Fsp3) is 0. The molecule has 266 valence electrons. The van der Waals surface area contributed by atoms with Gasteiger partial charge in [0.05, 0.1) is 11.0 Å². The van der Waals surface area contributed by atoms with Gasteiger partial charge in [-0.3, -0.25) is 0 Å². The Labute approximate surface area is 328 Å². The number of nitrogens with zero attached hydrogens (tertiary/aromatic N) is 2. The fourth-order valence-corrected chi connectivity index (χ4v) is 9.20. The number of hydrogen-bond acceptors (Lipinski definition) is 2. The lowest BCUT2D eigenvalue weighted by Crippen LogP contribution is -2.10. The van der Waals surface area contributed by atoms with Gasteiger partial charge >= 0.3 is 0 Å². The number of furan rings is 1. The highest BCUT2D eigenvalue weighted by Gasteiger charge is 2.24. The minimum absolute atomic E-state index is 0.875. The van der Waals surface area contributed by atoms with Crippen molar-refractivity contribution in [3.8, 4) is 16.8 Å². The fourth-order valence-electron chi connectivity index (χ4n) is 9.20. The molecule has 0 fully saturated rings. The summed E-state index contributed by atoms with van der Waals surface area (Å²) >= 11 is 0. The molecule has 0 spiro atoms. The van der Waals surface area contributed by atoms with Gasteiger partial charge < -0.3 is 13.9 Å². The number of hydrogen-bond donors (Lipinski definition) is 0. The molecule has 57 heavy (non-hydrogen) atoms. The van der Waals surface area contributed by atoms with Crippen LogP contribution in [0.5, 0.6) is 0 Å². The Morgan fingerprint density at radius 3 is 1.81 bits per heavy atom. The van der Waals surface area contributed by atoms with Gasteiger partial charge in [-0.25, -0.2) is 0 Å². The Morgan fingerprint density at radius 1 is 0.368 bits per heavy atom. The van der Waals surface area contributed by atoms with Crippen LogP contribution in [0.4, 0.5) is 17.1 Å². The first-order valence-corrected chi connectivity index (χ1v) is 19.5. The molecule has 0 unspecified atom stereocenters. The third-order valence-corrected chi connectivity index (χ3v) is 11.7. The van der Waals surface area contributed by atoms with Crippen molar-refractivity contribution < 1.29 is 4.42 Å². The van der Waals surface area contributed by atoms with Gasteiger partial charge in [0.1, 0.15) is 11.2 Å². The molecule has 0 aliphatic heterocycles. The van der Waals surface area contributed by atoms with E-state index in [1.807, 2.05) is 0 Å². The van der Waals surface area contributed by atoms with E-state index in [1.165, 1.54) is 48.6 Å². The van der Waals surface area contributed by atoms with Crippen LogP contribution in [0.3, 0.4) is 0 Å². The summed E-state index contributed by atoms with van der Waals surface area (Å²) in [6.07, 6.45) is 0. The van der Waals surface area contributed by atoms with Gasteiger partial charge in [0.25, 0.3) is 0 Å². The predicted molar refractivity (Wildman–Crippen MR) is 241 cm³/mol. The van der Waals surface area contributed by atoms with E-state index in [4.69, 9.17) is 4.42 Å². The third-order valence-electron chi connectivity index (χ3n) is 11.7. The average Bonchev–Trinajstić information content (AvgIpc) is 3.83. The van der Waals surface area contributed by atoms with Crippen LogP contribution in [-0.4, -0.2) is 4.57 Å². The molecule has 0 atom stereocenters. The normalized spacial score (nSPS) is 11.9. The first kappa shape index (κ1) is 31.7. The van der Waals surface area contributed by atoms with E-state index >= 15 is 0 Å². The molecule has 0 N–H and O–H groups in total. The van der Waals surface area contributed by atoms with E-state index in [-0.39, 0.29) is 0 Å².